The number of rotatable bonds is 0. The first kappa shape index (κ1) is 27.4. The molecule has 0 atom stereocenters. The van der Waals surface area contributed by atoms with Gasteiger partial charge in [0.2, 0.25) is 0 Å². The van der Waals surface area contributed by atoms with Crippen molar-refractivity contribution in [3.8, 4) is 11.5 Å². The molecule has 0 heterocycles. The lowest BCUT2D eigenvalue weighted by Gasteiger charge is -2.27. The third kappa shape index (κ3) is 7.20. The molecule has 0 aliphatic carbocycles. The quantitative estimate of drug-likeness (QED) is 0.358. The number of benzene rings is 2. The molecule has 2 aromatic carbocycles. The molecule has 0 radical (unpaired) electrons. The summed E-state index contributed by atoms with van der Waals surface area (Å²) in [6, 6.07) is 9.94. The molecule has 0 aliphatic rings. The normalized spacial score (nSPS) is 12.9. The SMILES string of the molecule is CC(C)(C)c1cc(S)cc(C(C)(C)C)c1O.CC(C)(C)c1cccc(C(C)(C)C)c1O. The molecule has 0 unspecified atom stereocenters. The smallest absolute Gasteiger partial charge is 0.123 e. The highest BCUT2D eigenvalue weighted by atomic mass is 32.1. The number of phenols is 2. The minimum absolute atomic E-state index is 0.00859. The third-order valence-corrected chi connectivity index (χ3v) is 5.62. The van der Waals surface area contributed by atoms with Crippen molar-refractivity contribution in [3.63, 3.8) is 0 Å². The highest BCUT2D eigenvalue weighted by Gasteiger charge is 2.26. The average Bonchev–Trinajstić information content (AvgIpc) is 2.53. The van der Waals surface area contributed by atoms with Gasteiger partial charge in [-0.3, -0.25) is 0 Å². The Morgan fingerprint density at radius 3 is 1.03 bits per heavy atom. The van der Waals surface area contributed by atoms with Gasteiger partial charge in [0.05, 0.1) is 0 Å². The van der Waals surface area contributed by atoms with Crippen molar-refractivity contribution in [2.45, 2.75) is 110 Å². The van der Waals surface area contributed by atoms with Gasteiger partial charge in [-0.25, -0.2) is 0 Å². The van der Waals surface area contributed by atoms with Gasteiger partial charge in [-0.1, -0.05) is 101 Å². The number of hydrogen-bond donors (Lipinski definition) is 3. The van der Waals surface area contributed by atoms with Crippen LogP contribution in [-0.2, 0) is 21.7 Å². The summed E-state index contributed by atoms with van der Waals surface area (Å²) in [5, 5.41) is 20.6. The van der Waals surface area contributed by atoms with Gasteiger partial charge in [-0.05, 0) is 44.9 Å². The first-order chi connectivity index (χ1) is 13.7. The van der Waals surface area contributed by atoms with Crippen LogP contribution in [0, 0.1) is 0 Å². The van der Waals surface area contributed by atoms with Crippen LogP contribution in [0.1, 0.15) is 105 Å². The maximum atomic E-state index is 10.4. The van der Waals surface area contributed by atoms with E-state index >= 15 is 0 Å². The molecular weight excluding hydrogens is 400 g/mol. The van der Waals surface area contributed by atoms with E-state index in [1.165, 1.54) is 0 Å². The molecule has 0 spiro atoms. The summed E-state index contributed by atoms with van der Waals surface area (Å²) in [7, 11) is 0. The van der Waals surface area contributed by atoms with E-state index in [1.54, 1.807) is 0 Å². The van der Waals surface area contributed by atoms with Gasteiger partial charge in [-0.15, -0.1) is 12.6 Å². The van der Waals surface area contributed by atoms with Gasteiger partial charge in [0.1, 0.15) is 11.5 Å². The summed E-state index contributed by atoms with van der Waals surface area (Å²) < 4.78 is 0. The number of thiol groups is 1. The monoisotopic (exact) mass is 444 g/mol. The molecule has 0 saturated heterocycles. The molecule has 0 amide bonds. The van der Waals surface area contributed by atoms with Crippen molar-refractivity contribution >= 4 is 12.6 Å². The lowest BCUT2D eigenvalue weighted by Crippen LogP contribution is -2.17. The molecule has 2 nitrogen and oxygen atoms in total. The minimum Gasteiger partial charge on any atom is -0.507 e. The van der Waals surface area contributed by atoms with E-state index < -0.39 is 0 Å². The summed E-state index contributed by atoms with van der Waals surface area (Å²) in [5.74, 6) is 0.871. The summed E-state index contributed by atoms with van der Waals surface area (Å²) in [5.41, 5.74) is 3.82. The summed E-state index contributed by atoms with van der Waals surface area (Å²) >= 11 is 4.42. The second kappa shape index (κ2) is 9.10. The lowest BCUT2D eigenvalue weighted by molar-refractivity contribution is 0.421. The Morgan fingerprint density at radius 2 is 0.774 bits per heavy atom. The van der Waals surface area contributed by atoms with Crippen LogP contribution in [0.15, 0.2) is 35.2 Å². The third-order valence-electron chi connectivity index (χ3n) is 5.36. The van der Waals surface area contributed by atoms with Gasteiger partial charge in [0, 0.05) is 16.0 Å². The van der Waals surface area contributed by atoms with Gasteiger partial charge < -0.3 is 10.2 Å². The van der Waals surface area contributed by atoms with Crippen molar-refractivity contribution in [1.82, 2.24) is 0 Å². The second-order valence-corrected chi connectivity index (χ2v) is 13.1. The van der Waals surface area contributed by atoms with E-state index in [2.05, 4.69) is 95.7 Å². The zero-order chi connectivity index (χ0) is 24.6. The van der Waals surface area contributed by atoms with E-state index in [9.17, 15) is 10.2 Å². The van der Waals surface area contributed by atoms with Crippen LogP contribution in [0.3, 0.4) is 0 Å². The second-order valence-electron chi connectivity index (χ2n) is 12.6. The van der Waals surface area contributed by atoms with E-state index in [1.807, 2.05) is 30.3 Å². The van der Waals surface area contributed by atoms with Gasteiger partial charge in [-0.2, -0.15) is 0 Å². The van der Waals surface area contributed by atoms with Crippen LogP contribution in [0.5, 0.6) is 11.5 Å². The van der Waals surface area contributed by atoms with Crippen LogP contribution in [0.25, 0.3) is 0 Å². The fourth-order valence-corrected chi connectivity index (χ4v) is 3.77. The first-order valence-electron chi connectivity index (χ1n) is 11.1. The number of hydrogen-bond acceptors (Lipinski definition) is 3. The fourth-order valence-electron chi connectivity index (χ4n) is 3.52. The van der Waals surface area contributed by atoms with Gasteiger partial charge >= 0.3 is 0 Å². The molecule has 2 rings (SSSR count). The van der Waals surface area contributed by atoms with Crippen molar-refractivity contribution in [2.75, 3.05) is 0 Å². The van der Waals surface area contributed by atoms with Crippen LogP contribution in [-0.4, -0.2) is 10.2 Å². The Kier molecular flexibility index (Phi) is 8.05. The average molecular weight is 445 g/mol. The van der Waals surface area contributed by atoms with Gasteiger partial charge in [0.15, 0.2) is 0 Å². The Balaban J connectivity index is 0.000000311. The van der Waals surface area contributed by atoms with Crippen molar-refractivity contribution in [2.24, 2.45) is 0 Å². The fraction of sp³-hybridized carbons (Fsp3) is 0.571. The maximum Gasteiger partial charge on any atom is 0.123 e. The highest BCUT2D eigenvalue weighted by Crippen LogP contribution is 2.40. The standard InChI is InChI=1S/C14H22OS.C14H22O/c1-13(2,3)10-7-9(16)8-11(12(10)15)14(4,5)6;1-13(2,3)10-8-7-9-11(12(10)15)14(4,5)6/h7-8,15-16H,1-6H3;7-9,15H,1-6H3. The van der Waals surface area contributed by atoms with Crippen LogP contribution in [0.2, 0.25) is 0 Å². The molecule has 0 aromatic heterocycles. The molecule has 2 N–H and O–H groups in total. The molecule has 2 aromatic rings. The molecule has 0 bridgehead atoms. The predicted molar refractivity (Wildman–Crippen MR) is 138 cm³/mol. The van der Waals surface area contributed by atoms with Crippen molar-refractivity contribution in [3.05, 3.63) is 52.6 Å². The highest BCUT2D eigenvalue weighted by molar-refractivity contribution is 7.80. The lowest BCUT2D eigenvalue weighted by atomic mass is 9.79. The Bertz CT molecular complexity index is 831. The predicted octanol–water partition coefficient (Wildman–Crippen LogP) is 8.26. The zero-order valence-electron chi connectivity index (χ0n) is 21.7. The molecule has 0 aliphatic heterocycles. The number of aromatic hydroxyl groups is 2. The molecule has 0 saturated carbocycles. The van der Waals surface area contributed by atoms with E-state index in [0.717, 1.165) is 27.1 Å². The van der Waals surface area contributed by atoms with Crippen LogP contribution >= 0.6 is 12.6 Å². The molecule has 0 fully saturated rings. The van der Waals surface area contributed by atoms with E-state index in [0.29, 0.717) is 11.5 Å². The summed E-state index contributed by atoms with van der Waals surface area (Å²) in [6.07, 6.45) is 0. The molecule has 174 valence electrons. The number of phenolic OH excluding ortho intramolecular Hbond substituents is 2. The zero-order valence-corrected chi connectivity index (χ0v) is 22.6. The van der Waals surface area contributed by atoms with Crippen LogP contribution in [0.4, 0.5) is 0 Å². The van der Waals surface area contributed by atoms with Crippen LogP contribution < -0.4 is 0 Å². The Hall–Kier alpha value is -1.61. The van der Waals surface area contributed by atoms with E-state index in [-0.39, 0.29) is 21.7 Å². The maximum absolute atomic E-state index is 10.4. The summed E-state index contributed by atoms with van der Waals surface area (Å²) in [6.45, 7) is 25.3. The molecule has 31 heavy (non-hydrogen) atoms. The van der Waals surface area contributed by atoms with Gasteiger partial charge in [0.25, 0.3) is 0 Å². The first-order valence-corrected chi connectivity index (χ1v) is 11.5. The Labute approximate surface area is 196 Å². The molecular formula is C28H44O2S. The number of para-hydroxylation sites is 1. The van der Waals surface area contributed by atoms with Crippen molar-refractivity contribution < 1.29 is 10.2 Å². The summed E-state index contributed by atoms with van der Waals surface area (Å²) in [4.78, 5) is 0.910. The minimum atomic E-state index is -0.0666. The molecule has 3 heteroatoms. The van der Waals surface area contributed by atoms with Crippen molar-refractivity contribution in [1.29, 1.82) is 0 Å². The topological polar surface area (TPSA) is 40.5 Å². The van der Waals surface area contributed by atoms with E-state index in [4.69, 9.17) is 0 Å². The Morgan fingerprint density at radius 1 is 0.516 bits per heavy atom. The largest absolute Gasteiger partial charge is 0.507 e.